The number of primary amides is 1. The average Bonchev–Trinajstić information content (AvgIpc) is 2.54. The van der Waals surface area contributed by atoms with Crippen LogP contribution in [0.2, 0.25) is 0 Å². The zero-order valence-electron chi connectivity index (χ0n) is 14.3. The molecule has 4 aliphatic rings. The number of rotatable bonds is 5. The van der Waals surface area contributed by atoms with Gasteiger partial charge in [0.05, 0.1) is 17.7 Å². The van der Waals surface area contributed by atoms with Crippen LogP contribution in [-0.4, -0.2) is 21.2 Å². The molecule has 1 aromatic heterocycles. The Hall–Kier alpha value is -2.51. The van der Waals surface area contributed by atoms with Gasteiger partial charge in [-0.25, -0.2) is 0 Å². The molecule has 4 aliphatic carbocycles. The van der Waals surface area contributed by atoms with Crippen LogP contribution >= 0.6 is 0 Å². The number of ketones is 1. The van der Waals surface area contributed by atoms with E-state index < -0.39 is 33.1 Å². The van der Waals surface area contributed by atoms with Crippen LogP contribution in [0.15, 0.2) is 17.1 Å². The van der Waals surface area contributed by atoms with Crippen LogP contribution in [0.5, 0.6) is 0 Å². The highest BCUT2D eigenvalue weighted by molar-refractivity contribution is 5.93. The number of pyridine rings is 1. The number of amides is 1. The van der Waals surface area contributed by atoms with E-state index in [-0.39, 0.29) is 12.3 Å². The molecule has 8 nitrogen and oxygen atoms in total. The molecule has 5 rings (SSSR count). The van der Waals surface area contributed by atoms with Gasteiger partial charge >= 0.3 is 0 Å². The van der Waals surface area contributed by atoms with E-state index >= 15 is 0 Å². The number of aromatic nitrogens is 1. The van der Waals surface area contributed by atoms with Gasteiger partial charge in [-0.05, 0) is 56.3 Å². The number of nitro groups is 1. The zero-order chi connectivity index (χ0) is 18.6. The molecule has 0 aliphatic heterocycles. The largest absolute Gasteiger partial charge is 0.365 e. The summed E-state index contributed by atoms with van der Waals surface area (Å²) in [6.45, 7) is -0.243. The second-order valence-corrected chi connectivity index (χ2v) is 8.29. The zero-order valence-corrected chi connectivity index (χ0v) is 14.3. The third-order valence-electron chi connectivity index (χ3n) is 6.49. The standard InChI is InChI=1S/C18H21N3O5/c19-16(23)14-4-13(21(25)26)8-20(17(14)24)9-15(22)18-5-10-1-11(6-18)3-12(2-10)7-18/h4,8,10-12H,1-3,5-7,9H2,(H2,19,23). The molecule has 1 amide bonds. The first-order valence-electron chi connectivity index (χ1n) is 8.99. The van der Waals surface area contributed by atoms with Crippen molar-refractivity contribution in [3.63, 3.8) is 0 Å². The van der Waals surface area contributed by atoms with Crippen molar-refractivity contribution >= 4 is 17.4 Å². The third kappa shape index (κ3) is 2.64. The summed E-state index contributed by atoms with van der Waals surface area (Å²) >= 11 is 0. The highest BCUT2D eigenvalue weighted by Crippen LogP contribution is 2.60. The topological polar surface area (TPSA) is 125 Å². The van der Waals surface area contributed by atoms with Crippen molar-refractivity contribution in [1.29, 1.82) is 0 Å². The number of carbonyl (C=O) groups is 2. The monoisotopic (exact) mass is 359 g/mol. The summed E-state index contributed by atoms with van der Waals surface area (Å²) in [6, 6.07) is 0.871. The first kappa shape index (κ1) is 16.9. The summed E-state index contributed by atoms with van der Waals surface area (Å²) in [5.41, 5.74) is 3.13. The minimum Gasteiger partial charge on any atom is -0.365 e. The Morgan fingerprint density at radius 3 is 2.19 bits per heavy atom. The summed E-state index contributed by atoms with van der Waals surface area (Å²) < 4.78 is 0.985. The van der Waals surface area contributed by atoms with Gasteiger partial charge in [0.1, 0.15) is 5.56 Å². The van der Waals surface area contributed by atoms with Crippen LogP contribution in [0.4, 0.5) is 5.69 Å². The summed E-state index contributed by atoms with van der Waals surface area (Å²) in [6.07, 6.45) is 7.16. The predicted molar refractivity (Wildman–Crippen MR) is 91.5 cm³/mol. The number of hydrogen-bond donors (Lipinski definition) is 1. The molecule has 2 N–H and O–H groups in total. The van der Waals surface area contributed by atoms with Crippen LogP contribution in [0, 0.1) is 33.3 Å². The molecule has 1 heterocycles. The van der Waals surface area contributed by atoms with Crippen molar-refractivity contribution in [1.82, 2.24) is 4.57 Å². The predicted octanol–water partition coefficient (Wildman–Crippen LogP) is 1.64. The molecule has 0 aromatic carbocycles. The van der Waals surface area contributed by atoms with Crippen molar-refractivity contribution in [2.75, 3.05) is 0 Å². The Morgan fingerprint density at radius 2 is 1.73 bits per heavy atom. The molecular weight excluding hydrogens is 338 g/mol. The van der Waals surface area contributed by atoms with E-state index in [2.05, 4.69) is 0 Å². The Kier molecular flexibility index (Phi) is 3.75. The quantitative estimate of drug-likeness (QED) is 0.632. The molecule has 0 spiro atoms. The van der Waals surface area contributed by atoms with E-state index in [1.54, 1.807) is 0 Å². The normalized spacial score (nSPS) is 31.8. The number of Topliss-reactive ketones (excluding diaryl/α,β-unsaturated/α-hetero) is 1. The summed E-state index contributed by atoms with van der Waals surface area (Å²) in [5, 5.41) is 11.1. The summed E-state index contributed by atoms with van der Waals surface area (Å²) in [5.74, 6) is 0.652. The molecule has 0 atom stereocenters. The Balaban J connectivity index is 1.67. The van der Waals surface area contributed by atoms with Crippen LogP contribution in [0.3, 0.4) is 0 Å². The lowest BCUT2D eigenvalue weighted by molar-refractivity contribution is -0.385. The highest BCUT2D eigenvalue weighted by atomic mass is 16.6. The number of nitrogens with zero attached hydrogens (tertiary/aromatic N) is 2. The molecule has 4 fully saturated rings. The van der Waals surface area contributed by atoms with Gasteiger partial charge in [0, 0.05) is 11.5 Å². The lowest BCUT2D eigenvalue weighted by Crippen LogP contribution is -2.51. The van der Waals surface area contributed by atoms with Gasteiger partial charge in [-0.2, -0.15) is 0 Å². The van der Waals surface area contributed by atoms with Gasteiger partial charge in [0.2, 0.25) is 0 Å². The molecule has 4 bridgehead atoms. The van der Waals surface area contributed by atoms with Gasteiger partial charge in [0.25, 0.3) is 17.2 Å². The van der Waals surface area contributed by atoms with E-state index in [1.807, 2.05) is 0 Å². The van der Waals surface area contributed by atoms with E-state index in [0.717, 1.165) is 36.1 Å². The Morgan fingerprint density at radius 1 is 1.19 bits per heavy atom. The fraction of sp³-hybridized carbons (Fsp3) is 0.611. The van der Waals surface area contributed by atoms with Crippen LogP contribution in [-0.2, 0) is 11.3 Å². The van der Waals surface area contributed by atoms with Gasteiger partial charge in [-0.1, -0.05) is 0 Å². The van der Waals surface area contributed by atoms with Gasteiger partial charge in [-0.15, -0.1) is 0 Å². The van der Waals surface area contributed by atoms with Crippen molar-refractivity contribution in [2.45, 2.75) is 45.1 Å². The minimum absolute atomic E-state index is 0.0466. The number of hydrogen-bond acceptors (Lipinski definition) is 5. The van der Waals surface area contributed by atoms with E-state index in [4.69, 9.17) is 5.73 Å². The second kappa shape index (κ2) is 5.75. The molecule has 4 saturated carbocycles. The average molecular weight is 359 g/mol. The molecule has 0 saturated heterocycles. The minimum atomic E-state index is -1.03. The maximum atomic E-state index is 13.1. The van der Waals surface area contributed by atoms with Crippen molar-refractivity contribution in [2.24, 2.45) is 28.9 Å². The smallest absolute Gasteiger partial charge is 0.286 e. The molecule has 138 valence electrons. The van der Waals surface area contributed by atoms with E-state index in [9.17, 15) is 24.5 Å². The maximum Gasteiger partial charge on any atom is 0.286 e. The van der Waals surface area contributed by atoms with Crippen molar-refractivity contribution in [3.05, 3.63) is 38.3 Å². The van der Waals surface area contributed by atoms with Crippen molar-refractivity contribution < 1.29 is 14.5 Å². The summed E-state index contributed by atoms with van der Waals surface area (Å²) in [4.78, 5) is 47.4. The molecule has 0 unspecified atom stereocenters. The molecule has 0 radical (unpaired) electrons. The molecule has 1 aromatic rings. The first-order valence-corrected chi connectivity index (χ1v) is 8.99. The van der Waals surface area contributed by atoms with Gasteiger partial charge in [-0.3, -0.25) is 24.5 Å². The van der Waals surface area contributed by atoms with Gasteiger partial charge < -0.3 is 10.3 Å². The van der Waals surface area contributed by atoms with Crippen LogP contribution < -0.4 is 11.3 Å². The Labute approximate surface area is 149 Å². The summed E-state index contributed by atoms with van der Waals surface area (Å²) in [7, 11) is 0. The van der Waals surface area contributed by atoms with E-state index in [1.165, 1.54) is 19.3 Å². The lowest BCUT2D eigenvalue weighted by atomic mass is 9.48. The second-order valence-electron chi connectivity index (χ2n) is 8.29. The lowest BCUT2D eigenvalue weighted by Gasteiger charge is -2.56. The highest BCUT2D eigenvalue weighted by Gasteiger charge is 2.54. The molecule has 8 heteroatoms. The van der Waals surface area contributed by atoms with E-state index in [0.29, 0.717) is 17.8 Å². The van der Waals surface area contributed by atoms with Crippen LogP contribution in [0.1, 0.15) is 48.9 Å². The van der Waals surface area contributed by atoms with Gasteiger partial charge in [0.15, 0.2) is 5.78 Å². The number of nitrogens with two attached hydrogens (primary N) is 1. The first-order chi connectivity index (χ1) is 12.3. The molecular formula is C18H21N3O5. The maximum absolute atomic E-state index is 13.1. The fourth-order valence-electron chi connectivity index (χ4n) is 5.79. The fourth-order valence-corrected chi connectivity index (χ4v) is 5.79. The SMILES string of the molecule is NC(=O)c1cc([N+](=O)[O-])cn(CC(=O)C23CC4CC(CC(C4)C2)C3)c1=O. The molecule has 26 heavy (non-hydrogen) atoms. The Bertz CT molecular complexity index is 837. The van der Waals surface area contributed by atoms with Crippen molar-refractivity contribution in [3.8, 4) is 0 Å². The van der Waals surface area contributed by atoms with Crippen LogP contribution in [0.25, 0.3) is 0 Å². The third-order valence-corrected chi connectivity index (χ3v) is 6.49. The number of carbonyl (C=O) groups excluding carboxylic acids is 2.